The van der Waals surface area contributed by atoms with E-state index >= 15 is 0 Å². The number of fused-ring (bicyclic) bond motifs is 1. The van der Waals surface area contributed by atoms with Crippen LogP contribution in [0.2, 0.25) is 0 Å². The summed E-state index contributed by atoms with van der Waals surface area (Å²) in [5.74, 6) is 2.15. The van der Waals surface area contributed by atoms with Crippen LogP contribution < -0.4 is 14.8 Å². The van der Waals surface area contributed by atoms with Crippen molar-refractivity contribution in [1.29, 1.82) is 0 Å². The Morgan fingerprint density at radius 1 is 1.09 bits per heavy atom. The summed E-state index contributed by atoms with van der Waals surface area (Å²) in [5, 5.41) is 15.2. The Kier molecular flexibility index (Phi) is 5.78. The first-order valence-electron chi connectivity index (χ1n) is 9.84. The Morgan fingerprint density at radius 3 is 2.84 bits per heavy atom. The van der Waals surface area contributed by atoms with Crippen LogP contribution in [-0.4, -0.2) is 34.5 Å². The third kappa shape index (κ3) is 4.61. The number of hydrogen-bond donors (Lipinski definition) is 1. The highest BCUT2D eigenvalue weighted by Gasteiger charge is 2.18. The average molecular weight is 467 g/mol. The van der Waals surface area contributed by atoms with E-state index in [0.29, 0.717) is 35.6 Å². The fourth-order valence-corrected chi connectivity index (χ4v) is 4.83. The molecule has 1 aliphatic heterocycles. The molecule has 32 heavy (non-hydrogen) atoms. The third-order valence-corrected chi connectivity index (χ3v) is 6.68. The molecule has 4 aromatic rings. The Balaban J connectivity index is 1.22. The summed E-state index contributed by atoms with van der Waals surface area (Å²) in [7, 11) is 0. The lowest BCUT2D eigenvalue weighted by Gasteiger charge is -2.18. The molecule has 1 N–H and O–H groups in total. The zero-order valence-electron chi connectivity index (χ0n) is 17.0. The molecule has 0 fully saturated rings. The molecule has 162 valence electrons. The zero-order chi connectivity index (χ0) is 21.9. The highest BCUT2D eigenvalue weighted by molar-refractivity contribution is 8.00. The number of aromatic nitrogens is 3. The van der Waals surface area contributed by atoms with Crippen molar-refractivity contribution in [2.75, 3.05) is 18.5 Å². The summed E-state index contributed by atoms with van der Waals surface area (Å²) in [6.45, 7) is 3.08. The van der Waals surface area contributed by atoms with Gasteiger partial charge in [0.05, 0.1) is 0 Å². The van der Waals surface area contributed by atoms with E-state index < -0.39 is 5.91 Å². The van der Waals surface area contributed by atoms with Gasteiger partial charge in [-0.25, -0.2) is 0 Å². The molecular formula is C22H18N4O4S2. The van der Waals surface area contributed by atoms with E-state index in [-0.39, 0.29) is 5.69 Å². The maximum atomic E-state index is 12.6. The molecule has 0 aliphatic carbocycles. The molecule has 0 radical (unpaired) electrons. The molecule has 5 rings (SSSR count). The second kappa shape index (κ2) is 9.01. The van der Waals surface area contributed by atoms with E-state index in [0.717, 1.165) is 15.7 Å². The number of hydrogen-bond acceptors (Lipinski definition) is 9. The van der Waals surface area contributed by atoms with E-state index in [2.05, 4.69) is 45.8 Å². The number of amides is 1. The standard InChI is InChI=1S/C22H18N4O4S2/c1-13-3-2-4-14(9-13)12-31-22-25-24-21(32-22)23-20(27)16-11-18(30-26-16)15-5-6-17-19(10-15)29-8-7-28-17/h2-6,9-11H,7-8,12H2,1H3,(H,23,24,27). The van der Waals surface area contributed by atoms with Gasteiger partial charge in [-0.3, -0.25) is 10.1 Å². The number of nitrogens with one attached hydrogen (secondary N) is 1. The van der Waals surface area contributed by atoms with Crippen molar-refractivity contribution in [2.24, 2.45) is 0 Å². The van der Waals surface area contributed by atoms with Crippen LogP contribution in [0.3, 0.4) is 0 Å². The number of nitrogens with zero attached hydrogens (tertiary/aromatic N) is 3. The van der Waals surface area contributed by atoms with E-state index in [4.69, 9.17) is 14.0 Å². The zero-order valence-corrected chi connectivity index (χ0v) is 18.7. The second-order valence-corrected chi connectivity index (χ2v) is 9.24. The molecule has 0 unspecified atom stereocenters. The molecule has 2 aromatic carbocycles. The monoisotopic (exact) mass is 466 g/mol. The van der Waals surface area contributed by atoms with Gasteiger partial charge in [-0.15, -0.1) is 10.2 Å². The first-order valence-corrected chi connectivity index (χ1v) is 11.6. The number of rotatable bonds is 6. The maximum absolute atomic E-state index is 12.6. The Hall–Kier alpha value is -3.37. The van der Waals surface area contributed by atoms with Gasteiger partial charge in [0, 0.05) is 17.4 Å². The number of carbonyl (C=O) groups excluding carboxylic acids is 1. The molecule has 0 bridgehead atoms. The molecule has 2 aromatic heterocycles. The van der Waals surface area contributed by atoms with E-state index in [1.165, 1.54) is 22.5 Å². The lowest BCUT2D eigenvalue weighted by Crippen LogP contribution is -2.15. The molecule has 0 saturated heterocycles. The number of aryl methyl sites for hydroxylation is 1. The highest BCUT2D eigenvalue weighted by Crippen LogP contribution is 2.35. The number of carbonyl (C=O) groups is 1. The van der Waals surface area contributed by atoms with Crippen LogP contribution in [0.25, 0.3) is 11.3 Å². The van der Waals surface area contributed by atoms with Crippen molar-refractivity contribution < 1.29 is 18.8 Å². The van der Waals surface area contributed by atoms with Crippen molar-refractivity contribution in [3.63, 3.8) is 0 Å². The molecule has 10 heteroatoms. The summed E-state index contributed by atoms with van der Waals surface area (Å²) < 4.78 is 17.3. The molecule has 0 saturated carbocycles. The fourth-order valence-electron chi connectivity index (χ4n) is 3.14. The van der Waals surface area contributed by atoms with Gasteiger partial charge in [0.2, 0.25) is 5.13 Å². The quantitative estimate of drug-likeness (QED) is 0.319. The summed E-state index contributed by atoms with van der Waals surface area (Å²) >= 11 is 2.89. The van der Waals surface area contributed by atoms with E-state index in [1.807, 2.05) is 18.2 Å². The Labute approximate surface area is 191 Å². The van der Waals surface area contributed by atoms with Crippen LogP contribution in [0.5, 0.6) is 11.5 Å². The first kappa shape index (κ1) is 20.5. The van der Waals surface area contributed by atoms with Gasteiger partial charge < -0.3 is 14.0 Å². The molecule has 1 aliphatic rings. The largest absolute Gasteiger partial charge is 0.486 e. The molecule has 1 amide bonds. The lowest BCUT2D eigenvalue weighted by molar-refractivity contribution is 0.101. The second-order valence-electron chi connectivity index (χ2n) is 7.04. The van der Waals surface area contributed by atoms with Crippen LogP contribution in [0.4, 0.5) is 5.13 Å². The molecule has 0 spiro atoms. The van der Waals surface area contributed by atoms with Gasteiger partial charge in [-0.1, -0.05) is 58.1 Å². The summed E-state index contributed by atoms with van der Waals surface area (Å²) in [5.41, 5.74) is 3.33. The predicted molar refractivity (Wildman–Crippen MR) is 122 cm³/mol. The minimum Gasteiger partial charge on any atom is -0.486 e. The minimum absolute atomic E-state index is 0.152. The average Bonchev–Trinajstić information content (AvgIpc) is 3.47. The number of benzene rings is 2. The van der Waals surface area contributed by atoms with Crippen molar-refractivity contribution in [1.82, 2.24) is 15.4 Å². The third-order valence-electron chi connectivity index (χ3n) is 4.64. The van der Waals surface area contributed by atoms with E-state index in [9.17, 15) is 4.79 Å². The SMILES string of the molecule is Cc1cccc(CSc2nnc(NC(=O)c3cc(-c4ccc5c(c4)OCCO5)on3)s2)c1. The van der Waals surface area contributed by atoms with Gasteiger partial charge in [0.15, 0.2) is 27.3 Å². The first-order chi connectivity index (χ1) is 15.6. The van der Waals surface area contributed by atoms with Crippen molar-refractivity contribution in [2.45, 2.75) is 17.0 Å². The van der Waals surface area contributed by atoms with Gasteiger partial charge >= 0.3 is 0 Å². The fraction of sp³-hybridized carbons (Fsp3) is 0.182. The lowest BCUT2D eigenvalue weighted by atomic mass is 10.1. The van der Waals surface area contributed by atoms with Crippen LogP contribution >= 0.6 is 23.1 Å². The smallest absolute Gasteiger partial charge is 0.279 e. The summed E-state index contributed by atoms with van der Waals surface area (Å²) in [6, 6.07) is 15.3. The van der Waals surface area contributed by atoms with Gasteiger partial charge in [0.1, 0.15) is 13.2 Å². The van der Waals surface area contributed by atoms with Gasteiger partial charge in [-0.05, 0) is 30.7 Å². The summed E-state index contributed by atoms with van der Waals surface area (Å²) in [6.07, 6.45) is 0. The number of anilines is 1. The normalized spacial score (nSPS) is 12.5. The minimum atomic E-state index is -0.413. The molecule has 3 heterocycles. The number of thioether (sulfide) groups is 1. The topological polar surface area (TPSA) is 99.4 Å². The molecule has 0 atom stereocenters. The van der Waals surface area contributed by atoms with Crippen molar-refractivity contribution >= 4 is 34.1 Å². The van der Waals surface area contributed by atoms with Crippen LogP contribution in [-0.2, 0) is 5.75 Å². The summed E-state index contributed by atoms with van der Waals surface area (Å²) in [4.78, 5) is 12.6. The van der Waals surface area contributed by atoms with Crippen molar-refractivity contribution in [3.05, 3.63) is 65.4 Å². The van der Waals surface area contributed by atoms with Crippen molar-refractivity contribution in [3.8, 4) is 22.8 Å². The Bertz CT molecular complexity index is 1270. The van der Waals surface area contributed by atoms with Crippen LogP contribution in [0, 0.1) is 6.92 Å². The van der Waals surface area contributed by atoms with Crippen LogP contribution in [0.15, 0.2) is 57.4 Å². The molecule has 8 nitrogen and oxygen atoms in total. The molecular weight excluding hydrogens is 448 g/mol. The Morgan fingerprint density at radius 2 is 1.97 bits per heavy atom. The van der Waals surface area contributed by atoms with Gasteiger partial charge in [-0.2, -0.15) is 0 Å². The number of ether oxygens (including phenoxy) is 2. The maximum Gasteiger partial charge on any atom is 0.279 e. The van der Waals surface area contributed by atoms with Gasteiger partial charge in [0.25, 0.3) is 5.91 Å². The predicted octanol–water partition coefficient (Wildman–Crippen LogP) is 4.82. The van der Waals surface area contributed by atoms with E-state index in [1.54, 1.807) is 23.9 Å². The highest BCUT2D eigenvalue weighted by atomic mass is 32.2. The van der Waals surface area contributed by atoms with Crippen LogP contribution in [0.1, 0.15) is 21.6 Å².